The molecule has 5 heterocycles. The number of hydrogen-bond donors (Lipinski definition) is 1. The molecule has 12 nitrogen and oxygen atoms in total. The molecule has 3 amide bonds. The number of ether oxygens (including phenoxy) is 1. The Balaban J connectivity index is 1.28. The number of hydrogen-bond acceptors (Lipinski definition) is 9. The number of nitrogens with two attached hydrogens (primary N) is 1. The van der Waals surface area contributed by atoms with Gasteiger partial charge in [-0.25, -0.2) is 19.2 Å². The van der Waals surface area contributed by atoms with E-state index in [0.717, 1.165) is 20.7 Å². The molecule has 1 saturated heterocycles. The van der Waals surface area contributed by atoms with E-state index in [0.29, 0.717) is 47.4 Å². The number of primary amides is 1. The van der Waals surface area contributed by atoms with E-state index in [1.165, 1.54) is 33.1 Å². The van der Waals surface area contributed by atoms with E-state index < -0.39 is 35.4 Å². The quantitative estimate of drug-likeness (QED) is 0.203. The van der Waals surface area contributed by atoms with E-state index in [2.05, 4.69) is 15.3 Å². The maximum atomic E-state index is 16.1. The summed E-state index contributed by atoms with van der Waals surface area (Å²) in [5.74, 6) is -1.40. The highest BCUT2D eigenvalue weighted by atomic mass is 32.1. The fourth-order valence-corrected chi connectivity index (χ4v) is 7.30. The molecule has 1 aliphatic heterocycles. The van der Waals surface area contributed by atoms with Gasteiger partial charge in [0.15, 0.2) is 5.65 Å². The number of halogens is 1. The van der Waals surface area contributed by atoms with Gasteiger partial charge in [-0.2, -0.15) is 4.68 Å². The summed E-state index contributed by atoms with van der Waals surface area (Å²) in [6, 6.07) is 18.6. The van der Waals surface area contributed by atoms with Crippen LogP contribution >= 0.6 is 11.3 Å². The van der Waals surface area contributed by atoms with Gasteiger partial charge in [-0.15, -0.1) is 16.4 Å². The smallest absolute Gasteiger partial charge is 0.410 e. The van der Waals surface area contributed by atoms with Gasteiger partial charge in [0.2, 0.25) is 5.91 Å². The van der Waals surface area contributed by atoms with Crippen molar-refractivity contribution in [2.45, 2.75) is 51.7 Å². The highest BCUT2D eigenvalue weighted by molar-refractivity contribution is 7.22. The first-order valence-electron chi connectivity index (χ1n) is 16.5. The number of anilines is 1. The predicted molar refractivity (Wildman–Crippen MR) is 192 cm³/mol. The van der Waals surface area contributed by atoms with E-state index >= 15 is 4.39 Å². The third kappa shape index (κ3) is 6.99. The zero-order valence-corrected chi connectivity index (χ0v) is 29.1. The molecule has 0 radical (unpaired) electrons. The average Bonchev–Trinajstić information content (AvgIpc) is 3.73. The van der Waals surface area contributed by atoms with Crippen LogP contribution in [0.5, 0.6) is 0 Å². The van der Waals surface area contributed by atoms with Crippen molar-refractivity contribution < 1.29 is 23.5 Å². The van der Waals surface area contributed by atoms with E-state index in [1.54, 1.807) is 56.3 Å². The highest BCUT2D eigenvalue weighted by Crippen LogP contribution is 2.39. The lowest BCUT2D eigenvalue weighted by Crippen LogP contribution is -2.53. The molecular formula is C37H35FN8O4S. The Morgan fingerprint density at radius 2 is 1.84 bits per heavy atom. The van der Waals surface area contributed by atoms with Crippen LogP contribution in [0.4, 0.5) is 15.0 Å². The third-order valence-electron chi connectivity index (χ3n) is 8.54. The van der Waals surface area contributed by atoms with Crippen molar-refractivity contribution in [1.29, 1.82) is 0 Å². The maximum absolute atomic E-state index is 16.1. The number of carbonyl (C=O) groups is 3. The first-order valence-corrected chi connectivity index (χ1v) is 17.3. The van der Waals surface area contributed by atoms with Gasteiger partial charge in [-0.05, 0) is 81.1 Å². The van der Waals surface area contributed by atoms with Crippen molar-refractivity contribution >= 4 is 56.3 Å². The van der Waals surface area contributed by atoms with Crippen LogP contribution in [0.15, 0.2) is 79.1 Å². The van der Waals surface area contributed by atoms with Crippen molar-refractivity contribution in [3.05, 3.63) is 96.1 Å². The summed E-state index contributed by atoms with van der Waals surface area (Å²) in [6.45, 7) is 6.04. The Hall–Kier alpha value is -5.76. The molecule has 4 aromatic heterocycles. The molecule has 0 saturated carbocycles. The molecule has 1 atom stereocenters. The fraction of sp³-hybridized carbons (Fsp3) is 0.270. The molecular weight excluding hydrogens is 672 g/mol. The average molecular weight is 707 g/mol. The van der Waals surface area contributed by atoms with Crippen LogP contribution in [0.2, 0.25) is 0 Å². The minimum absolute atomic E-state index is 0.142. The molecule has 7 rings (SSSR count). The second-order valence-corrected chi connectivity index (χ2v) is 14.5. The van der Waals surface area contributed by atoms with E-state index in [-0.39, 0.29) is 18.5 Å². The van der Waals surface area contributed by atoms with Crippen LogP contribution in [0.1, 0.15) is 49.5 Å². The lowest BCUT2D eigenvalue weighted by molar-refractivity contribution is -0.117. The van der Waals surface area contributed by atoms with Crippen LogP contribution in [-0.2, 0) is 16.0 Å². The molecule has 2 N–H and O–H groups in total. The Morgan fingerprint density at radius 3 is 2.59 bits per heavy atom. The molecule has 0 bridgehead atoms. The Morgan fingerprint density at radius 1 is 1.04 bits per heavy atom. The number of carbonyl (C=O) groups excluding carboxylic acids is 3. The summed E-state index contributed by atoms with van der Waals surface area (Å²) < 4.78 is 24.1. The third-order valence-corrected chi connectivity index (χ3v) is 9.69. The first kappa shape index (κ1) is 33.7. The Kier molecular flexibility index (Phi) is 8.93. The minimum Gasteiger partial charge on any atom is -0.444 e. The van der Waals surface area contributed by atoms with Crippen molar-refractivity contribution in [1.82, 2.24) is 29.9 Å². The van der Waals surface area contributed by atoms with E-state index in [1.807, 2.05) is 36.4 Å². The van der Waals surface area contributed by atoms with Gasteiger partial charge in [-0.3, -0.25) is 14.5 Å². The number of piperidine rings is 1. The number of fused-ring (bicyclic) bond motifs is 2. The summed E-state index contributed by atoms with van der Waals surface area (Å²) >= 11 is 1.52. The second-order valence-electron chi connectivity index (χ2n) is 13.4. The summed E-state index contributed by atoms with van der Waals surface area (Å²) in [5, 5.41) is 8.94. The van der Waals surface area contributed by atoms with E-state index in [9.17, 15) is 14.4 Å². The van der Waals surface area contributed by atoms with Crippen LogP contribution in [-0.4, -0.2) is 72.5 Å². The summed E-state index contributed by atoms with van der Waals surface area (Å²) in [6.07, 6.45) is 4.05. The largest absolute Gasteiger partial charge is 0.444 e. The molecule has 6 aromatic rings. The fourth-order valence-electron chi connectivity index (χ4n) is 6.24. The van der Waals surface area contributed by atoms with Crippen LogP contribution < -0.4 is 10.6 Å². The number of amides is 3. The summed E-state index contributed by atoms with van der Waals surface area (Å²) in [7, 11) is 0. The molecule has 0 unspecified atom stereocenters. The number of pyridine rings is 2. The zero-order valence-electron chi connectivity index (χ0n) is 28.2. The molecule has 1 fully saturated rings. The summed E-state index contributed by atoms with van der Waals surface area (Å²) in [4.78, 5) is 52.3. The van der Waals surface area contributed by atoms with Crippen LogP contribution in [0.3, 0.4) is 0 Å². The normalized spacial score (nSPS) is 14.9. The first-order chi connectivity index (χ1) is 24.4. The monoisotopic (exact) mass is 706 g/mol. The van der Waals surface area contributed by atoms with Crippen molar-refractivity contribution in [3.63, 3.8) is 0 Å². The predicted octanol–water partition coefficient (Wildman–Crippen LogP) is 6.31. The zero-order chi connectivity index (χ0) is 35.9. The van der Waals surface area contributed by atoms with Gasteiger partial charge in [-0.1, -0.05) is 29.5 Å². The van der Waals surface area contributed by atoms with Gasteiger partial charge in [0, 0.05) is 46.5 Å². The van der Waals surface area contributed by atoms with Gasteiger partial charge >= 0.3 is 6.09 Å². The van der Waals surface area contributed by atoms with Crippen LogP contribution in [0, 0.1) is 5.82 Å². The minimum atomic E-state index is -0.754. The molecule has 2 aromatic carbocycles. The lowest BCUT2D eigenvalue weighted by atomic mass is 10.0. The number of nitrogens with zero attached hydrogens (tertiary/aromatic N) is 7. The van der Waals surface area contributed by atoms with Gasteiger partial charge in [0.05, 0.1) is 23.7 Å². The molecule has 260 valence electrons. The number of likely N-dealkylation sites (tertiary alicyclic amines) is 1. The van der Waals surface area contributed by atoms with Gasteiger partial charge in [0.1, 0.15) is 22.8 Å². The Bertz CT molecular complexity index is 2280. The number of rotatable bonds is 7. The number of benzene rings is 2. The lowest BCUT2D eigenvalue weighted by Gasteiger charge is -2.39. The van der Waals surface area contributed by atoms with Crippen LogP contribution in [0.25, 0.3) is 37.4 Å². The second kappa shape index (κ2) is 13.5. The molecule has 51 heavy (non-hydrogen) atoms. The number of thiophene rings is 1. The molecule has 0 aliphatic carbocycles. The van der Waals surface area contributed by atoms with Gasteiger partial charge in [0.25, 0.3) is 5.91 Å². The van der Waals surface area contributed by atoms with Gasteiger partial charge < -0.3 is 15.4 Å². The molecule has 14 heteroatoms. The SMILES string of the molecule is CC(C)(C)OC(=O)N1CCC[C@@H](N(C(=O)c2ccc(-n3nnc4cccnc43)cc2F)c2nccc3sc(-c4ccc(CC(N)=O)cc4)cc23)C1. The van der Waals surface area contributed by atoms with E-state index in [4.69, 9.17) is 15.5 Å². The van der Waals surface area contributed by atoms with Crippen molar-refractivity contribution in [2.75, 3.05) is 18.0 Å². The van der Waals surface area contributed by atoms with Crippen molar-refractivity contribution in [3.8, 4) is 16.1 Å². The number of aromatic nitrogens is 5. The topological polar surface area (TPSA) is 149 Å². The maximum Gasteiger partial charge on any atom is 0.410 e. The highest BCUT2D eigenvalue weighted by Gasteiger charge is 2.36. The molecule has 1 aliphatic rings. The Labute approximate surface area is 296 Å². The standard InChI is InChI=1S/C37H35FN8O4S/c1-37(2,3)50-36(49)44-17-5-6-25(21-44)45(35(48)26-13-12-24(19-28(26)38)46-34-29(42-43-46)7-4-15-40-34)33-27-20-31(51-30(27)14-16-41-33)23-10-8-22(9-11-23)18-32(39)47/h4,7-16,19-20,25H,5-6,17-18,21H2,1-3H3,(H2,39,47)/t25-/m1/s1. The molecule has 0 spiro atoms. The summed E-state index contributed by atoms with van der Waals surface area (Å²) in [5.41, 5.74) is 7.59. The van der Waals surface area contributed by atoms with Crippen molar-refractivity contribution in [2.24, 2.45) is 5.73 Å².